The molecule has 0 bridgehead atoms. The highest BCUT2D eigenvalue weighted by Gasteiger charge is 2.33. The molecule has 2 rings (SSSR count). The quantitative estimate of drug-likeness (QED) is 0.753. The molecule has 1 aromatic rings. The summed E-state index contributed by atoms with van der Waals surface area (Å²) in [4.78, 5) is 14.7. The van der Waals surface area contributed by atoms with Crippen molar-refractivity contribution in [1.82, 2.24) is 15.6 Å². The summed E-state index contributed by atoms with van der Waals surface area (Å²) in [5.41, 5.74) is 0.339. The smallest absolute Gasteiger partial charge is 0.267 e. The molecule has 0 spiro atoms. The van der Waals surface area contributed by atoms with Gasteiger partial charge in [0.25, 0.3) is 5.91 Å². The van der Waals surface area contributed by atoms with Crippen LogP contribution in [0.4, 0.5) is 0 Å². The number of hydrogen-bond donors (Lipinski definition) is 3. The minimum Gasteiger partial charge on any atom is -0.383 e. The first-order valence-corrected chi connectivity index (χ1v) is 6.39. The Morgan fingerprint density at radius 3 is 3.06 bits per heavy atom. The Morgan fingerprint density at radius 2 is 2.50 bits per heavy atom. The number of aromatic amines is 1. The van der Waals surface area contributed by atoms with Crippen LogP contribution in [0, 0.1) is 0 Å². The van der Waals surface area contributed by atoms with Crippen molar-refractivity contribution in [2.24, 2.45) is 0 Å². The van der Waals surface area contributed by atoms with E-state index in [0.717, 1.165) is 19.4 Å². The van der Waals surface area contributed by atoms with Crippen LogP contribution in [0.3, 0.4) is 0 Å². The molecule has 1 unspecified atom stereocenters. The Morgan fingerprint density at radius 1 is 1.67 bits per heavy atom. The number of halogens is 1. The Labute approximate surface area is 111 Å². The molecule has 0 aliphatic carbocycles. The number of methoxy groups -OCH3 is 1. The van der Waals surface area contributed by atoms with E-state index in [4.69, 9.17) is 16.3 Å². The van der Waals surface area contributed by atoms with Crippen molar-refractivity contribution in [3.8, 4) is 0 Å². The third-order valence-corrected chi connectivity index (χ3v) is 3.45. The summed E-state index contributed by atoms with van der Waals surface area (Å²) in [6.07, 6.45) is 3.70. The molecule has 100 valence electrons. The van der Waals surface area contributed by atoms with E-state index in [0.29, 0.717) is 23.9 Å². The van der Waals surface area contributed by atoms with Gasteiger partial charge in [-0.15, -0.1) is 0 Å². The standard InChI is InChI=1S/C12H18ClN3O2/c1-18-8-12(3-2-4-16-12)7-15-11(17)10-5-9(13)6-14-10/h5-6,14,16H,2-4,7-8H2,1H3,(H,15,17). The van der Waals surface area contributed by atoms with Crippen molar-refractivity contribution in [2.75, 3.05) is 26.8 Å². The third-order valence-electron chi connectivity index (χ3n) is 3.23. The molecule has 1 aliphatic rings. The first-order valence-electron chi connectivity index (χ1n) is 6.01. The lowest BCUT2D eigenvalue weighted by atomic mass is 9.98. The van der Waals surface area contributed by atoms with E-state index in [1.807, 2.05) is 0 Å². The molecule has 0 aromatic carbocycles. The van der Waals surface area contributed by atoms with Gasteiger partial charge in [-0.05, 0) is 25.5 Å². The van der Waals surface area contributed by atoms with Crippen LogP contribution in [0.15, 0.2) is 12.3 Å². The Bertz CT molecular complexity index is 413. The van der Waals surface area contributed by atoms with E-state index in [1.54, 1.807) is 19.4 Å². The molecular formula is C12H18ClN3O2. The van der Waals surface area contributed by atoms with Crippen LogP contribution in [0.2, 0.25) is 5.02 Å². The lowest BCUT2D eigenvalue weighted by molar-refractivity contribution is 0.0888. The van der Waals surface area contributed by atoms with Crippen LogP contribution in [-0.2, 0) is 4.74 Å². The maximum absolute atomic E-state index is 11.9. The molecule has 3 N–H and O–H groups in total. The summed E-state index contributed by atoms with van der Waals surface area (Å²) in [7, 11) is 1.67. The van der Waals surface area contributed by atoms with Crippen molar-refractivity contribution >= 4 is 17.5 Å². The second kappa shape index (κ2) is 5.73. The van der Waals surface area contributed by atoms with E-state index in [1.165, 1.54) is 0 Å². The van der Waals surface area contributed by atoms with E-state index < -0.39 is 0 Å². The maximum atomic E-state index is 11.9. The lowest BCUT2D eigenvalue weighted by Gasteiger charge is -2.28. The molecule has 1 aromatic heterocycles. The molecule has 18 heavy (non-hydrogen) atoms. The van der Waals surface area contributed by atoms with Gasteiger partial charge in [-0.3, -0.25) is 4.79 Å². The maximum Gasteiger partial charge on any atom is 0.267 e. The molecule has 0 saturated carbocycles. The fourth-order valence-corrected chi connectivity index (χ4v) is 2.48. The zero-order chi connectivity index (χ0) is 13.0. The molecule has 0 radical (unpaired) electrons. The third kappa shape index (κ3) is 3.04. The van der Waals surface area contributed by atoms with Crippen LogP contribution < -0.4 is 10.6 Å². The number of hydrogen-bond acceptors (Lipinski definition) is 3. The number of carbonyl (C=O) groups is 1. The SMILES string of the molecule is COCC1(CNC(=O)c2cc(Cl)c[nH]2)CCCN1. The van der Waals surface area contributed by atoms with Crippen molar-refractivity contribution in [3.63, 3.8) is 0 Å². The Hall–Kier alpha value is -1.04. The molecule has 1 atom stereocenters. The van der Waals surface area contributed by atoms with Crippen molar-refractivity contribution < 1.29 is 9.53 Å². The van der Waals surface area contributed by atoms with Gasteiger partial charge >= 0.3 is 0 Å². The normalized spacial score (nSPS) is 23.2. The summed E-state index contributed by atoms with van der Waals surface area (Å²) in [5.74, 6) is -0.147. The summed E-state index contributed by atoms with van der Waals surface area (Å²) in [5, 5.41) is 6.85. The highest BCUT2D eigenvalue weighted by Crippen LogP contribution is 2.19. The largest absolute Gasteiger partial charge is 0.383 e. The molecule has 1 saturated heterocycles. The van der Waals surface area contributed by atoms with Crippen LogP contribution in [0.1, 0.15) is 23.3 Å². The second-order valence-corrected chi connectivity index (χ2v) is 5.09. The molecular weight excluding hydrogens is 254 g/mol. The summed E-state index contributed by atoms with van der Waals surface area (Å²) in [6.45, 7) is 2.11. The first kappa shape index (κ1) is 13.4. The van der Waals surface area contributed by atoms with Gasteiger partial charge < -0.3 is 20.4 Å². The van der Waals surface area contributed by atoms with Crippen LogP contribution in [0.5, 0.6) is 0 Å². The molecule has 1 aliphatic heterocycles. The fourth-order valence-electron chi connectivity index (χ4n) is 2.31. The summed E-state index contributed by atoms with van der Waals surface area (Å²) >= 11 is 5.77. The van der Waals surface area contributed by atoms with Gasteiger partial charge in [-0.1, -0.05) is 11.6 Å². The van der Waals surface area contributed by atoms with Crippen molar-refractivity contribution in [2.45, 2.75) is 18.4 Å². The Balaban J connectivity index is 1.91. The molecule has 1 fully saturated rings. The van der Waals surface area contributed by atoms with E-state index >= 15 is 0 Å². The molecule has 2 heterocycles. The highest BCUT2D eigenvalue weighted by atomic mass is 35.5. The van der Waals surface area contributed by atoms with Gasteiger partial charge in [0.05, 0.1) is 17.2 Å². The van der Waals surface area contributed by atoms with Gasteiger partial charge in [-0.2, -0.15) is 0 Å². The average Bonchev–Trinajstić information content (AvgIpc) is 2.97. The van der Waals surface area contributed by atoms with Crippen molar-refractivity contribution in [1.29, 1.82) is 0 Å². The Kier molecular flexibility index (Phi) is 4.27. The van der Waals surface area contributed by atoms with Crippen LogP contribution in [0.25, 0.3) is 0 Å². The average molecular weight is 272 g/mol. The number of carbonyl (C=O) groups excluding carboxylic acids is 1. The topological polar surface area (TPSA) is 66.1 Å². The minimum atomic E-state index is -0.147. The predicted octanol–water partition coefficient (Wildman–Crippen LogP) is 1.17. The van der Waals surface area contributed by atoms with E-state index in [-0.39, 0.29) is 11.4 Å². The second-order valence-electron chi connectivity index (χ2n) is 4.66. The number of aromatic nitrogens is 1. The summed E-state index contributed by atoms with van der Waals surface area (Å²) in [6, 6.07) is 1.61. The monoisotopic (exact) mass is 271 g/mol. The zero-order valence-electron chi connectivity index (χ0n) is 10.4. The first-order chi connectivity index (χ1) is 8.65. The van der Waals surface area contributed by atoms with Crippen LogP contribution >= 0.6 is 11.6 Å². The molecule has 1 amide bonds. The fraction of sp³-hybridized carbons (Fsp3) is 0.583. The lowest BCUT2D eigenvalue weighted by Crippen LogP contribution is -2.53. The van der Waals surface area contributed by atoms with Gasteiger partial charge in [-0.25, -0.2) is 0 Å². The van der Waals surface area contributed by atoms with Gasteiger partial charge in [0.1, 0.15) is 5.69 Å². The number of ether oxygens (including phenoxy) is 1. The van der Waals surface area contributed by atoms with Gasteiger partial charge in [0, 0.05) is 19.9 Å². The van der Waals surface area contributed by atoms with Gasteiger partial charge in [0.15, 0.2) is 0 Å². The number of H-pyrrole nitrogens is 1. The zero-order valence-corrected chi connectivity index (χ0v) is 11.1. The number of rotatable bonds is 5. The van der Waals surface area contributed by atoms with E-state index in [2.05, 4.69) is 15.6 Å². The molecule has 5 nitrogen and oxygen atoms in total. The number of nitrogens with one attached hydrogen (secondary N) is 3. The highest BCUT2D eigenvalue weighted by molar-refractivity contribution is 6.30. The predicted molar refractivity (Wildman–Crippen MR) is 70.0 cm³/mol. The van der Waals surface area contributed by atoms with Gasteiger partial charge in [0.2, 0.25) is 0 Å². The molecule has 6 heteroatoms. The minimum absolute atomic E-state index is 0.138. The summed E-state index contributed by atoms with van der Waals surface area (Å²) < 4.78 is 5.23. The van der Waals surface area contributed by atoms with Crippen LogP contribution in [-0.4, -0.2) is 43.2 Å². The van der Waals surface area contributed by atoms with E-state index in [9.17, 15) is 4.79 Å². The number of amides is 1. The van der Waals surface area contributed by atoms with Crippen molar-refractivity contribution in [3.05, 3.63) is 23.0 Å².